The number of hydrogen-bond acceptors (Lipinski definition) is 13. The van der Waals surface area contributed by atoms with Gasteiger partial charge in [0.05, 0.1) is 60.2 Å². The second-order valence-corrected chi connectivity index (χ2v) is 20.7. The molecule has 19 heteroatoms. The van der Waals surface area contributed by atoms with Crippen LogP contribution in [0.15, 0.2) is 120 Å². The fraction of sp³-hybridized carbons (Fsp3) is 0.298. The van der Waals surface area contributed by atoms with Gasteiger partial charge >= 0.3 is 12.1 Å². The quantitative estimate of drug-likeness (QED) is 0.0185. The van der Waals surface area contributed by atoms with Crippen LogP contribution < -0.4 is 45.3 Å². The molecule has 8 rings (SSSR count). The van der Waals surface area contributed by atoms with E-state index in [1.165, 1.54) is 18.2 Å². The van der Waals surface area contributed by atoms with Gasteiger partial charge in [-0.25, -0.2) is 10.1 Å². The van der Waals surface area contributed by atoms with Crippen molar-refractivity contribution in [3.05, 3.63) is 149 Å². The second-order valence-electron chi connectivity index (χ2n) is 19.2. The zero-order valence-corrected chi connectivity index (χ0v) is 44.4. The Kier molecular flexibility index (Phi) is 16.4. The number of alkyl halides is 3. The zero-order valence-electron chi connectivity index (χ0n) is 42.8. The third-order valence-electron chi connectivity index (χ3n) is 13.3. The van der Waals surface area contributed by atoms with Gasteiger partial charge in [-0.15, -0.1) is 0 Å². The molecule has 0 radical (unpaired) electrons. The van der Waals surface area contributed by atoms with Gasteiger partial charge in [0.15, 0.2) is 5.11 Å². The first kappa shape index (κ1) is 54.8. The monoisotopic (exact) mass is 1070 g/mol. The molecule has 76 heavy (non-hydrogen) atoms. The van der Waals surface area contributed by atoms with Crippen LogP contribution in [-0.4, -0.2) is 72.0 Å². The number of hydrogen-bond donors (Lipinski definition) is 3. The molecule has 1 saturated heterocycles. The second kappa shape index (κ2) is 22.8. The molecule has 2 aliphatic heterocycles. The van der Waals surface area contributed by atoms with Crippen LogP contribution in [0.3, 0.4) is 0 Å². The molecule has 2 heterocycles. The molecule has 0 aromatic heterocycles. The number of thiocarbonyl (C=S) groups is 1. The number of nitrogen functional groups attached to an aromatic ring is 1. The predicted octanol–water partition coefficient (Wildman–Crippen LogP) is 11.5. The van der Waals surface area contributed by atoms with E-state index in [1.807, 2.05) is 85.8 Å². The molecule has 0 bridgehead atoms. The van der Waals surface area contributed by atoms with Crippen molar-refractivity contribution in [1.82, 2.24) is 4.31 Å². The summed E-state index contributed by atoms with van der Waals surface area (Å²) in [7, 11) is 3.19. The van der Waals surface area contributed by atoms with E-state index in [2.05, 4.69) is 17.3 Å². The number of nitrogens with two attached hydrogens (primary N) is 2. The van der Waals surface area contributed by atoms with E-state index >= 15 is 0 Å². The number of carbonyl (C=O) groups is 2. The summed E-state index contributed by atoms with van der Waals surface area (Å²) >= 11 is 7.30. The lowest BCUT2D eigenvalue weighted by molar-refractivity contribution is -0.138. The first-order chi connectivity index (χ1) is 36.2. The van der Waals surface area contributed by atoms with E-state index in [1.54, 1.807) is 55.9 Å². The van der Waals surface area contributed by atoms with Gasteiger partial charge in [0.25, 0.3) is 5.91 Å². The Labute approximate surface area is 449 Å². The summed E-state index contributed by atoms with van der Waals surface area (Å²) in [5.41, 5.74) is 10.5. The molecule has 1 fully saturated rings. The minimum absolute atomic E-state index is 0.0217. The number of amides is 1. The van der Waals surface area contributed by atoms with Crippen LogP contribution in [-0.2, 0) is 22.3 Å². The maximum absolute atomic E-state index is 13.8. The Bertz CT molecular complexity index is 3190. The summed E-state index contributed by atoms with van der Waals surface area (Å²) in [6.45, 7) is 9.60. The molecule has 6 aromatic rings. The summed E-state index contributed by atoms with van der Waals surface area (Å²) < 4.78 is 67.9. The number of aliphatic carboxylic acids is 1. The van der Waals surface area contributed by atoms with Crippen LogP contribution in [0.1, 0.15) is 79.3 Å². The number of carboxylic acids is 1. The highest BCUT2D eigenvalue weighted by Gasteiger charge is 2.51. The van der Waals surface area contributed by atoms with E-state index < -0.39 is 40.6 Å². The number of carboxylic acid groups (broad SMARTS) is 1. The van der Waals surface area contributed by atoms with Gasteiger partial charge in [0.2, 0.25) is 0 Å². The molecular formula is C57H58F3N7O7S2. The lowest BCUT2D eigenvalue weighted by Crippen LogP contribution is -2.44. The number of methoxy groups -OCH3 is 1. The maximum atomic E-state index is 13.8. The number of unbranched alkanes of at least 4 members (excludes halogenated alkanes) is 1. The third-order valence-corrected chi connectivity index (χ3v) is 14.7. The van der Waals surface area contributed by atoms with E-state index in [0.29, 0.717) is 66.2 Å². The summed E-state index contributed by atoms with van der Waals surface area (Å²) in [5.74, 6) is 6.71. The van der Waals surface area contributed by atoms with Crippen LogP contribution in [0.5, 0.6) is 23.0 Å². The summed E-state index contributed by atoms with van der Waals surface area (Å²) in [6.07, 6.45) is -3.55. The highest BCUT2D eigenvalue weighted by Crippen LogP contribution is 2.43. The number of aryl methyl sites for hydroxylation is 1. The molecule has 14 nitrogen and oxygen atoms in total. The number of carbonyl (C=O) groups excluding carboxylic acids is 1. The molecule has 0 saturated carbocycles. The Hall–Kier alpha value is -7.50. The number of benzene rings is 6. The summed E-state index contributed by atoms with van der Waals surface area (Å²) in [6, 6.07) is 35.3. The van der Waals surface area contributed by atoms with E-state index in [-0.39, 0.29) is 23.3 Å². The first-order valence-corrected chi connectivity index (χ1v) is 25.6. The minimum atomic E-state index is -4.80. The van der Waals surface area contributed by atoms with Crippen molar-refractivity contribution >= 4 is 63.9 Å². The van der Waals surface area contributed by atoms with Gasteiger partial charge in [-0.05, 0) is 165 Å². The zero-order chi connectivity index (χ0) is 54.6. The Morgan fingerprint density at radius 2 is 1.58 bits per heavy atom. The summed E-state index contributed by atoms with van der Waals surface area (Å²) in [4.78, 5) is 29.5. The molecule has 5 N–H and O–H groups in total. The predicted molar refractivity (Wildman–Crippen MR) is 293 cm³/mol. The van der Waals surface area contributed by atoms with Crippen LogP contribution in [0.4, 0.5) is 35.9 Å². The number of nitrogens with zero attached hydrogens (tertiary/aromatic N) is 5. The van der Waals surface area contributed by atoms with E-state index in [4.69, 9.17) is 42.7 Å². The Balaban J connectivity index is 0.825. The van der Waals surface area contributed by atoms with Crippen LogP contribution in [0, 0.1) is 18.3 Å². The van der Waals surface area contributed by atoms with Crippen LogP contribution in [0.2, 0.25) is 0 Å². The Morgan fingerprint density at radius 3 is 2.21 bits per heavy atom. The van der Waals surface area contributed by atoms with Crippen molar-refractivity contribution in [1.29, 1.82) is 5.26 Å². The average molecular weight is 1070 g/mol. The molecular weight excluding hydrogens is 1020 g/mol. The normalized spacial score (nSPS) is 15.8. The van der Waals surface area contributed by atoms with Crippen molar-refractivity contribution in [3.63, 3.8) is 0 Å². The van der Waals surface area contributed by atoms with Crippen molar-refractivity contribution in [2.24, 2.45) is 5.84 Å². The molecule has 1 amide bonds. The van der Waals surface area contributed by atoms with E-state index in [0.717, 1.165) is 68.3 Å². The molecule has 2 unspecified atom stereocenters. The number of hydrazine groups is 1. The smallest absolute Gasteiger partial charge is 0.417 e. The number of nitriles is 1. The SMILES string of the molecule is COc1cc(C(CC(=O)O)c2ccc(C)c(CN3CC(C)Oc4cc(OCCCCOc5ccc(-c6ccc(N7C(=S)N(c8ccc(C#N)c(C(F)(F)F)c8)C(=O)C7(C)C)cc6)cc5)ccc4S3)c2)cc(N)c1N(C)N. The third kappa shape index (κ3) is 12.0. The van der Waals surface area contributed by atoms with Crippen molar-refractivity contribution in [2.45, 2.75) is 82.1 Å². The van der Waals surface area contributed by atoms with Gasteiger partial charge in [-0.3, -0.25) is 14.5 Å². The number of ether oxygens (including phenoxy) is 4. The molecule has 2 aliphatic rings. The number of anilines is 4. The van der Waals surface area contributed by atoms with Crippen molar-refractivity contribution in [2.75, 3.05) is 54.5 Å². The highest BCUT2D eigenvalue weighted by molar-refractivity contribution is 7.97. The van der Waals surface area contributed by atoms with Gasteiger partial charge in [-0.1, -0.05) is 42.5 Å². The molecule has 2 atom stereocenters. The standard InChI is InChI=1S/C57H58F3N7O7S2/c1-34-9-10-38(46(30-52(68)69)40-26-48(62)53(64(5)63)50(27-40)71-6)25-41(34)33-65-32-35(2)74-49-29-45(21-22-51(49)76-65)73-24-8-7-23-72-44-19-14-37(15-20-44)36-11-16-42(17-12-36)67-55(75)66(54(70)56(67,3)4)43-18-13-39(31-61)47(28-43)57(58,59)60/h9-22,25-29,35,46H,7-8,23-24,30,32-33,62-63H2,1-6H3,(H,68,69). The topological polar surface area (TPSA) is 180 Å². The number of fused-ring (bicyclic) bond motifs is 1. The van der Waals surface area contributed by atoms with Gasteiger partial charge in [0, 0.05) is 37.8 Å². The lowest BCUT2D eigenvalue weighted by Gasteiger charge is -2.29. The van der Waals surface area contributed by atoms with Crippen molar-refractivity contribution in [3.8, 4) is 40.2 Å². The van der Waals surface area contributed by atoms with Crippen molar-refractivity contribution < 1.29 is 46.8 Å². The first-order valence-electron chi connectivity index (χ1n) is 24.4. The number of halogens is 3. The Morgan fingerprint density at radius 1 is 0.934 bits per heavy atom. The highest BCUT2D eigenvalue weighted by atomic mass is 32.2. The molecule has 0 spiro atoms. The van der Waals surface area contributed by atoms with Gasteiger partial charge in [-0.2, -0.15) is 18.4 Å². The minimum Gasteiger partial charge on any atom is -0.494 e. The van der Waals surface area contributed by atoms with Crippen LogP contribution in [0.25, 0.3) is 11.1 Å². The number of rotatable bonds is 18. The maximum Gasteiger partial charge on any atom is 0.417 e. The van der Waals surface area contributed by atoms with Gasteiger partial charge in [0.1, 0.15) is 40.3 Å². The van der Waals surface area contributed by atoms with E-state index in [9.17, 15) is 33.1 Å². The lowest BCUT2D eigenvalue weighted by atomic mass is 9.86. The summed E-state index contributed by atoms with van der Waals surface area (Å²) in [5, 5.41) is 20.6. The fourth-order valence-electron chi connectivity index (χ4n) is 9.41. The van der Waals surface area contributed by atoms with Gasteiger partial charge < -0.3 is 39.7 Å². The van der Waals surface area contributed by atoms with Crippen LogP contribution >= 0.6 is 24.2 Å². The molecule has 6 aromatic carbocycles. The fourth-order valence-corrected chi connectivity index (χ4v) is 11.0. The average Bonchev–Trinajstić information content (AvgIpc) is 3.45. The molecule has 396 valence electrons. The largest absolute Gasteiger partial charge is 0.494 e. The molecule has 0 aliphatic carbocycles.